The van der Waals surface area contributed by atoms with Crippen LogP contribution in [0.25, 0.3) is 11.1 Å². The Balaban J connectivity index is 1.74. The molecule has 1 aromatic carbocycles. The van der Waals surface area contributed by atoms with E-state index in [1.807, 2.05) is 24.8 Å². The number of piperazine rings is 1. The zero-order chi connectivity index (χ0) is 19.0. The fourth-order valence-corrected chi connectivity index (χ4v) is 3.76. The first-order valence-electron chi connectivity index (χ1n) is 9.42. The summed E-state index contributed by atoms with van der Waals surface area (Å²) < 4.78 is 5.30. The molecule has 1 aliphatic rings. The van der Waals surface area contributed by atoms with E-state index < -0.39 is 0 Å². The Kier molecular flexibility index (Phi) is 4.66. The number of carbonyl (C=O) groups is 1. The number of hydrogen-bond donors (Lipinski definition) is 1. The maximum atomic E-state index is 13.5. The van der Waals surface area contributed by atoms with E-state index in [1.165, 1.54) is 5.56 Å². The molecular weight excluding hydrogens is 340 g/mol. The Morgan fingerprint density at radius 1 is 1.30 bits per heavy atom. The van der Waals surface area contributed by atoms with E-state index in [0.717, 1.165) is 30.8 Å². The molecule has 6 nitrogen and oxygen atoms in total. The van der Waals surface area contributed by atoms with Crippen LogP contribution >= 0.6 is 0 Å². The molecule has 1 N–H and O–H groups in total. The first-order chi connectivity index (χ1) is 13.1. The van der Waals surface area contributed by atoms with Gasteiger partial charge in [-0.1, -0.05) is 36.3 Å². The van der Waals surface area contributed by atoms with Crippen molar-refractivity contribution in [1.82, 2.24) is 20.4 Å². The lowest BCUT2D eigenvalue weighted by atomic mass is 9.99. The van der Waals surface area contributed by atoms with Crippen LogP contribution in [-0.4, -0.2) is 40.6 Å². The quantitative estimate of drug-likeness (QED) is 0.773. The predicted molar refractivity (Wildman–Crippen MR) is 104 cm³/mol. The first-order valence-corrected chi connectivity index (χ1v) is 9.42. The number of rotatable bonds is 3. The van der Waals surface area contributed by atoms with E-state index in [0.29, 0.717) is 28.9 Å². The van der Waals surface area contributed by atoms with Gasteiger partial charge in [-0.05, 0) is 37.5 Å². The molecule has 0 saturated carbocycles. The van der Waals surface area contributed by atoms with Crippen molar-refractivity contribution in [1.29, 1.82) is 0 Å². The summed E-state index contributed by atoms with van der Waals surface area (Å²) in [5.74, 6) is 0.00266. The van der Waals surface area contributed by atoms with Gasteiger partial charge in [0, 0.05) is 25.3 Å². The van der Waals surface area contributed by atoms with Crippen molar-refractivity contribution < 1.29 is 9.32 Å². The maximum Gasteiger partial charge on any atom is 0.258 e. The van der Waals surface area contributed by atoms with Gasteiger partial charge in [0.05, 0.1) is 22.7 Å². The van der Waals surface area contributed by atoms with Crippen molar-refractivity contribution in [3.63, 3.8) is 0 Å². The van der Waals surface area contributed by atoms with Crippen molar-refractivity contribution in [2.45, 2.75) is 33.2 Å². The highest BCUT2D eigenvalue weighted by Crippen LogP contribution is 2.28. The van der Waals surface area contributed by atoms with Gasteiger partial charge in [0.1, 0.15) is 0 Å². The molecule has 1 atom stereocenters. The highest BCUT2D eigenvalue weighted by Gasteiger charge is 2.30. The summed E-state index contributed by atoms with van der Waals surface area (Å²) in [7, 11) is 0. The fraction of sp³-hybridized carbons (Fsp3) is 0.381. The maximum absolute atomic E-state index is 13.5. The molecule has 0 radical (unpaired) electrons. The largest absolute Gasteiger partial charge is 0.336 e. The van der Waals surface area contributed by atoms with Crippen molar-refractivity contribution >= 4 is 17.0 Å². The molecular formula is C21H24N4O2. The zero-order valence-corrected chi connectivity index (χ0v) is 16.0. The summed E-state index contributed by atoms with van der Waals surface area (Å²) in [6, 6.07) is 10.4. The molecule has 1 saturated heterocycles. The smallest absolute Gasteiger partial charge is 0.258 e. The van der Waals surface area contributed by atoms with Gasteiger partial charge >= 0.3 is 0 Å². The summed E-state index contributed by atoms with van der Waals surface area (Å²) in [5.41, 5.74) is 4.94. The number of aromatic nitrogens is 2. The van der Waals surface area contributed by atoms with Gasteiger partial charge in [-0.3, -0.25) is 4.79 Å². The molecule has 140 valence electrons. The number of hydrogen-bond acceptors (Lipinski definition) is 5. The van der Waals surface area contributed by atoms with Crippen molar-refractivity contribution in [3.05, 3.63) is 58.4 Å². The van der Waals surface area contributed by atoms with Crippen LogP contribution in [0, 0.1) is 13.8 Å². The number of benzene rings is 1. The van der Waals surface area contributed by atoms with Crippen molar-refractivity contribution in [2.24, 2.45) is 0 Å². The Bertz CT molecular complexity index is 978. The normalized spacial score (nSPS) is 17.4. The third-order valence-corrected chi connectivity index (χ3v) is 5.25. The van der Waals surface area contributed by atoms with Gasteiger partial charge in [0.15, 0.2) is 0 Å². The van der Waals surface area contributed by atoms with E-state index in [4.69, 9.17) is 4.52 Å². The minimum atomic E-state index is 0.000781. The molecule has 0 bridgehead atoms. The molecule has 0 aliphatic carbocycles. The molecule has 3 heterocycles. The van der Waals surface area contributed by atoms with Crippen LogP contribution in [0.4, 0.5) is 0 Å². The average Bonchev–Trinajstić information content (AvgIpc) is 3.07. The summed E-state index contributed by atoms with van der Waals surface area (Å²) in [6.45, 7) is 8.04. The number of nitrogens with zero attached hydrogens (tertiary/aromatic N) is 3. The van der Waals surface area contributed by atoms with Crippen LogP contribution in [0.15, 0.2) is 34.9 Å². The molecule has 6 heteroatoms. The Morgan fingerprint density at radius 3 is 2.81 bits per heavy atom. The minimum Gasteiger partial charge on any atom is -0.336 e. The van der Waals surface area contributed by atoms with E-state index in [9.17, 15) is 4.79 Å². The van der Waals surface area contributed by atoms with E-state index in [1.54, 1.807) is 0 Å². The number of nitrogens with one attached hydrogen (secondary N) is 1. The summed E-state index contributed by atoms with van der Waals surface area (Å²) in [4.78, 5) is 19.8. The summed E-state index contributed by atoms with van der Waals surface area (Å²) in [6.07, 6.45) is 1.01. The van der Waals surface area contributed by atoms with Gasteiger partial charge in [-0.2, -0.15) is 0 Å². The molecule has 3 aromatic rings. The van der Waals surface area contributed by atoms with Gasteiger partial charge < -0.3 is 14.7 Å². The lowest BCUT2D eigenvalue weighted by Crippen LogP contribution is -2.48. The number of amides is 1. The second kappa shape index (κ2) is 7.12. The molecule has 4 rings (SSSR count). The number of carbonyl (C=O) groups excluding carboxylic acids is 1. The van der Waals surface area contributed by atoms with Gasteiger partial charge in [0.25, 0.3) is 11.6 Å². The highest BCUT2D eigenvalue weighted by molar-refractivity contribution is 6.06. The predicted octanol–water partition coefficient (Wildman–Crippen LogP) is 3.19. The van der Waals surface area contributed by atoms with Crippen molar-refractivity contribution in [3.8, 4) is 0 Å². The molecule has 1 unspecified atom stereocenters. The van der Waals surface area contributed by atoms with Crippen LogP contribution in [0.3, 0.4) is 0 Å². The molecule has 0 spiro atoms. The lowest BCUT2D eigenvalue weighted by Gasteiger charge is -2.37. The van der Waals surface area contributed by atoms with Gasteiger partial charge in [0.2, 0.25) is 0 Å². The summed E-state index contributed by atoms with van der Waals surface area (Å²) >= 11 is 0. The van der Waals surface area contributed by atoms with E-state index in [2.05, 4.69) is 46.6 Å². The molecule has 1 aliphatic heterocycles. The standard InChI is InChI=1S/C21H24N4O2/c1-4-15-5-7-16(8-6-15)18-12-22-9-10-25(18)21(26)17-11-13(2)23-20-19(17)14(3)24-27-20/h5-8,11,18,22H,4,9-10,12H2,1-3H3. The number of pyridine rings is 1. The SMILES string of the molecule is CCc1ccc(C2CNCCN2C(=O)c2cc(C)nc3onc(C)c23)cc1. The van der Waals surface area contributed by atoms with Crippen molar-refractivity contribution in [2.75, 3.05) is 19.6 Å². The molecule has 27 heavy (non-hydrogen) atoms. The monoisotopic (exact) mass is 364 g/mol. The lowest BCUT2D eigenvalue weighted by molar-refractivity contribution is 0.0636. The topological polar surface area (TPSA) is 71.3 Å². The molecule has 2 aromatic heterocycles. The van der Waals surface area contributed by atoms with Gasteiger partial charge in [-0.25, -0.2) is 4.98 Å². The molecule has 1 amide bonds. The van der Waals surface area contributed by atoms with Crippen LogP contribution in [0.1, 0.15) is 45.8 Å². The Labute approximate surface area is 158 Å². The average molecular weight is 364 g/mol. The number of aryl methyl sites for hydroxylation is 3. The number of fused-ring (bicyclic) bond motifs is 1. The van der Waals surface area contributed by atoms with E-state index in [-0.39, 0.29) is 11.9 Å². The highest BCUT2D eigenvalue weighted by atomic mass is 16.5. The molecule has 1 fully saturated rings. The fourth-order valence-electron chi connectivity index (χ4n) is 3.76. The Morgan fingerprint density at radius 2 is 2.07 bits per heavy atom. The second-order valence-corrected chi connectivity index (χ2v) is 7.07. The van der Waals surface area contributed by atoms with Crippen LogP contribution in [0.2, 0.25) is 0 Å². The van der Waals surface area contributed by atoms with Crippen LogP contribution < -0.4 is 5.32 Å². The van der Waals surface area contributed by atoms with Crippen LogP contribution in [-0.2, 0) is 6.42 Å². The third kappa shape index (κ3) is 3.21. The van der Waals surface area contributed by atoms with Crippen LogP contribution in [0.5, 0.6) is 0 Å². The van der Waals surface area contributed by atoms with E-state index >= 15 is 0 Å². The summed E-state index contributed by atoms with van der Waals surface area (Å²) in [5, 5.41) is 8.13. The third-order valence-electron chi connectivity index (χ3n) is 5.25. The van der Waals surface area contributed by atoms with Gasteiger partial charge in [-0.15, -0.1) is 0 Å². The first kappa shape index (κ1) is 17.7. The second-order valence-electron chi connectivity index (χ2n) is 7.07. The minimum absolute atomic E-state index is 0.000781. The Hall–Kier alpha value is -2.73. The zero-order valence-electron chi connectivity index (χ0n) is 16.0.